The summed E-state index contributed by atoms with van der Waals surface area (Å²) in [7, 11) is 8.34. The van der Waals surface area contributed by atoms with Crippen LogP contribution in [-0.4, -0.2) is 154 Å². The Hall–Kier alpha value is -4.48. The molecule has 0 saturated carbocycles. The standard InChI is InChI=1S/C43H71N7O10/c1-12-28(4)38(49(9)36(52)26-45-42(55)37(27(2)3)48(7)8)34(58-10)25-35(51)50-22-16-20-33(50)39(59-11)29(5)40(53)46-32(24-31-18-14-13-15-19-31)41(54)44-21-17-23-60-43(56)30(6)47-57/h13-15,18-19,27-30,32-34,37-39H,12,16-17,20-26H2,1-11H3,(H,44,54)(H,45,55)(H,46,53). The number of rotatable bonds is 26. The molecule has 0 aliphatic carbocycles. The van der Waals surface area contributed by atoms with E-state index in [1.165, 1.54) is 21.1 Å². The molecular weight excluding hydrogens is 775 g/mol. The Balaban J connectivity index is 2.18. The van der Waals surface area contributed by atoms with E-state index in [0.29, 0.717) is 25.8 Å². The van der Waals surface area contributed by atoms with E-state index in [4.69, 9.17) is 14.2 Å². The molecule has 3 N–H and O–H groups in total. The molecule has 1 aliphatic rings. The van der Waals surface area contributed by atoms with E-state index in [2.05, 4.69) is 21.1 Å². The van der Waals surface area contributed by atoms with Gasteiger partial charge in [-0.2, -0.15) is 0 Å². The van der Waals surface area contributed by atoms with Gasteiger partial charge in [-0.25, -0.2) is 4.79 Å². The van der Waals surface area contributed by atoms with Gasteiger partial charge in [0.2, 0.25) is 29.5 Å². The topological polar surface area (TPSA) is 205 Å². The predicted octanol–water partition coefficient (Wildman–Crippen LogP) is 2.54. The van der Waals surface area contributed by atoms with E-state index in [1.54, 1.807) is 23.8 Å². The SMILES string of the molecule is CCC(C)C(C(CC(=O)N1CCCC1C(OC)C(C)C(=O)NC(Cc1ccccc1)C(=O)NCCCOC(=O)C(C)N=O)OC)N(C)C(=O)CNC(=O)C(C(C)C)N(C)C. The van der Waals surface area contributed by atoms with Crippen molar-refractivity contribution in [2.75, 3.05) is 61.6 Å². The van der Waals surface area contributed by atoms with Gasteiger partial charge in [0.25, 0.3) is 0 Å². The molecule has 1 aromatic carbocycles. The Labute approximate surface area is 356 Å². The molecule has 2 rings (SSSR count). The van der Waals surface area contributed by atoms with Gasteiger partial charge >= 0.3 is 5.97 Å². The summed E-state index contributed by atoms with van der Waals surface area (Å²) in [5.41, 5.74) is 0.829. The first-order valence-corrected chi connectivity index (χ1v) is 21.1. The zero-order valence-corrected chi connectivity index (χ0v) is 37.6. The van der Waals surface area contributed by atoms with Crippen LogP contribution in [0.4, 0.5) is 0 Å². The number of likely N-dealkylation sites (N-methyl/N-ethyl adjacent to an activating group) is 2. The van der Waals surface area contributed by atoms with Crippen LogP contribution in [0.2, 0.25) is 0 Å². The molecule has 1 fully saturated rings. The highest BCUT2D eigenvalue weighted by atomic mass is 16.5. The van der Waals surface area contributed by atoms with Gasteiger partial charge in [0.1, 0.15) is 6.04 Å². The molecular formula is C43H71N7O10. The minimum Gasteiger partial charge on any atom is -0.464 e. The number of amides is 5. The molecule has 1 saturated heterocycles. The first-order chi connectivity index (χ1) is 28.4. The fourth-order valence-corrected chi connectivity index (χ4v) is 7.96. The lowest BCUT2D eigenvalue weighted by Crippen LogP contribution is -2.55. The zero-order valence-electron chi connectivity index (χ0n) is 37.6. The summed E-state index contributed by atoms with van der Waals surface area (Å²) in [6.45, 7) is 11.3. The van der Waals surface area contributed by atoms with Crippen LogP contribution in [0.5, 0.6) is 0 Å². The molecule has 9 atom stereocenters. The van der Waals surface area contributed by atoms with Gasteiger partial charge in [-0.3, -0.25) is 28.9 Å². The lowest BCUT2D eigenvalue weighted by atomic mass is 9.90. The van der Waals surface area contributed by atoms with Crippen LogP contribution < -0.4 is 16.0 Å². The van der Waals surface area contributed by atoms with Crippen LogP contribution in [0, 0.1) is 22.7 Å². The maximum absolute atomic E-state index is 14.2. The fraction of sp³-hybridized carbons (Fsp3) is 0.721. The van der Waals surface area contributed by atoms with Crippen molar-refractivity contribution in [2.45, 2.75) is 122 Å². The average molecular weight is 846 g/mol. The molecule has 1 aromatic rings. The van der Waals surface area contributed by atoms with E-state index in [0.717, 1.165) is 5.56 Å². The average Bonchev–Trinajstić information content (AvgIpc) is 3.71. The number of hydrogen-bond acceptors (Lipinski definition) is 12. The first kappa shape index (κ1) is 51.7. The van der Waals surface area contributed by atoms with Gasteiger partial charge in [0.15, 0.2) is 6.04 Å². The van der Waals surface area contributed by atoms with Crippen molar-refractivity contribution in [3.8, 4) is 0 Å². The number of ether oxygens (including phenoxy) is 3. The molecule has 0 radical (unpaired) electrons. The molecule has 9 unspecified atom stereocenters. The van der Waals surface area contributed by atoms with Crippen molar-refractivity contribution in [3.63, 3.8) is 0 Å². The molecule has 60 heavy (non-hydrogen) atoms. The van der Waals surface area contributed by atoms with E-state index < -0.39 is 66.1 Å². The number of benzene rings is 1. The number of hydrogen-bond donors (Lipinski definition) is 3. The molecule has 0 aromatic heterocycles. The van der Waals surface area contributed by atoms with Crippen LogP contribution in [0.15, 0.2) is 35.5 Å². The number of nitrogens with zero attached hydrogens (tertiary/aromatic N) is 4. The van der Waals surface area contributed by atoms with E-state index in [1.807, 2.05) is 77.0 Å². The summed E-state index contributed by atoms with van der Waals surface area (Å²) in [6, 6.07) is 5.88. The number of esters is 1. The summed E-state index contributed by atoms with van der Waals surface area (Å²) in [4.78, 5) is 95.6. The molecule has 17 heteroatoms. The fourth-order valence-electron chi connectivity index (χ4n) is 7.96. The second-order valence-electron chi connectivity index (χ2n) is 16.4. The molecule has 1 aliphatic heterocycles. The van der Waals surface area contributed by atoms with Crippen LogP contribution in [0.1, 0.15) is 79.2 Å². The van der Waals surface area contributed by atoms with Gasteiger partial charge in [-0.05, 0) is 57.7 Å². The smallest absolute Gasteiger partial charge is 0.334 e. The Morgan fingerprint density at radius 3 is 2.15 bits per heavy atom. The Morgan fingerprint density at radius 2 is 1.58 bits per heavy atom. The molecule has 338 valence electrons. The summed E-state index contributed by atoms with van der Waals surface area (Å²) in [6.07, 6.45) is 1.10. The normalized spacial score (nSPS) is 18.0. The summed E-state index contributed by atoms with van der Waals surface area (Å²) < 4.78 is 16.9. The summed E-state index contributed by atoms with van der Waals surface area (Å²) >= 11 is 0. The van der Waals surface area contributed by atoms with Gasteiger partial charge in [-0.15, -0.1) is 4.91 Å². The van der Waals surface area contributed by atoms with E-state index in [-0.39, 0.29) is 68.5 Å². The monoisotopic (exact) mass is 846 g/mol. The second-order valence-corrected chi connectivity index (χ2v) is 16.4. The van der Waals surface area contributed by atoms with Crippen molar-refractivity contribution in [1.82, 2.24) is 30.7 Å². The van der Waals surface area contributed by atoms with Crippen molar-refractivity contribution in [3.05, 3.63) is 40.8 Å². The molecule has 5 amide bonds. The van der Waals surface area contributed by atoms with Crippen LogP contribution in [-0.2, 0) is 49.4 Å². The third-order valence-electron chi connectivity index (χ3n) is 11.5. The number of nitroso groups, excluding NO2 is 1. The third kappa shape index (κ3) is 15.2. The largest absolute Gasteiger partial charge is 0.464 e. The lowest BCUT2D eigenvalue weighted by Gasteiger charge is -2.39. The molecule has 17 nitrogen and oxygen atoms in total. The second kappa shape index (κ2) is 26.0. The molecule has 0 bridgehead atoms. The summed E-state index contributed by atoms with van der Waals surface area (Å²) in [5.74, 6) is -3.11. The predicted molar refractivity (Wildman–Crippen MR) is 227 cm³/mol. The van der Waals surface area contributed by atoms with Crippen LogP contribution >= 0.6 is 0 Å². The van der Waals surface area contributed by atoms with E-state index >= 15 is 0 Å². The quantitative estimate of drug-likeness (QED) is 0.0702. The molecule has 0 spiro atoms. The highest BCUT2D eigenvalue weighted by molar-refractivity contribution is 5.89. The Kier molecular flexibility index (Phi) is 22.4. The van der Waals surface area contributed by atoms with Crippen molar-refractivity contribution >= 4 is 35.5 Å². The number of carbonyl (C=O) groups excluding carboxylic acids is 6. The van der Waals surface area contributed by atoms with Gasteiger partial charge < -0.3 is 40.0 Å². The van der Waals surface area contributed by atoms with Crippen LogP contribution in [0.25, 0.3) is 0 Å². The number of nitrogens with one attached hydrogen (secondary N) is 3. The van der Waals surface area contributed by atoms with Gasteiger partial charge in [0, 0.05) is 40.8 Å². The first-order valence-electron chi connectivity index (χ1n) is 21.1. The van der Waals surface area contributed by atoms with E-state index in [9.17, 15) is 33.7 Å². The molecule has 1 heterocycles. The van der Waals surface area contributed by atoms with Gasteiger partial charge in [0.05, 0.1) is 55.8 Å². The van der Waals surface area contributed by atoms with Crippen molar-refractivity contribution in [1.29, 1.82) is 0 Å². The minimum atomic E-state index is -1.12. The lowest BCUT2D eigenvalue weighted by molar-refractivity contribution is -0.146. The maximum atomic E-state index is 14.2. The van der Waals surface area contributed by atoms with Crippen LogP contribution in [0.3, 0.4) is 0 Å². The third-order valence-corrected chi connectivity index (χ3v) is 11.5. The number of carbonyl (C=O) groups is 6. The highest BCUT2D eigenvalue weighted by Gasteiger charge is 2.42. The number of methoxy groups -OCH3 is 2. The Morgan fingerprint density at radius 1 is 0.917 bits per heavy atom. The zero-order chi connectivity index (χ0) is 45.1. The Bertz CT molecular complexity index is 1540. The highest BCUT2D eigenvalue weighted by Crippen LogP contribution is 2.29. The maximum Gasteiger partial charge on any atom is 0.334 e. The van der Waals surface area contributed by atoms with Gasteiger partial charge in [-0.1, -0.05) is 76.5 Å². The minimum absolute atomic E-state index is 0.0219. The summed E-state index contributed by atoms with van der Waals surface area (Å²) in [5, 5.41) is 11.1. The van der Waals surface area contributed by atoms with Crippen molar-refractivity contribution in [2.24, 2.45) is 22.9 Å². The van der Waals surface area contributed by atoms with Crippen molar-refractivity contribution < 1.29 is 43.0 Å². The number of likely N-dealkylation sites (tertiary alicyclic amines) is 1.